The van der Waals surface area contributed by atoms with E-state index in [4.69, 9.17) is 27.9 Å². The fraction of sp³-hybridized carbons (Fsp3) is 0.200. The van der Waals surface area contributed by atoms with Crippen LogP contribution in [0.25, 0.3) is 5.69 Å². The van der Waals surface area contributed by atoms with Crippen molar-refractivity contribution in [3.05, 3.63) is 79.7 Å². The van der Waals surface area contributed by atoms with Crippen LogP contribution in [0.2, 0.25) is 10.0 Å². The predicted octanol–water partition coefficient (Wildman–Crippen LogP) is 3.68. The van der Waals surface area contributed by atoms with Gasteiger partial charge in [-0.25, -0.2) is 4.68 Å². The highest BCUT2D eigenvalue weighted by Crippen LogP contribution is 2.35. The summed E-state index contributed by atoms with van der Waals surface area (Å²) in [6.07, 6.45) is 0.538. The maximum atomic E-state index is 13.1. The molecule has 1 aliphatic rings. The third-order valence-electron chi connectivity index (χ3n) is 4.83. The van der Waals surface area contributed by atoms with Crippen LogP contribution in [-0.2, 0) is 13.0 Å². The first-order valence-corrected chi connectivity index (χ1v) is 9.46. The van der Waals surface area contributed by atoms with Gasteiger partial charge in [0.05, 0.1) is 35.0 Å². The quantitative estimate of drug-likeness (QED) is 0.706. The molecule has 2 heterocycles. The molecule has 0 unspecified atom stereocenters. The van der Waals surface area contributed by atoms with Gasteiger partial charge in [0.15, 0.2) is 5.75 Å². The van der Waals surface area contributed by atoms with E-state index in [2.05, 4.69) is 5.10 Å². The van der Waals surface area contributed by atoms with Crippen LogP contribution >= 0.6 is 23.2 Å². The fourth-order valence-electron chi connectivity index (χ4n) is 3.43. The second-order valence-electron chi connectivity index (χ2n) is 6.46. The van der Waals surface area contributed by atoms with Gasteiger partial charge < -0.3 is 9.64 Å². The van der Waals surface area contributed by atoms with Gasteiger partial charge in [0.2, 0.25) is 0 Å². The number of aromatic nitrogens is 2. The van der Waals surface area contributed by atoms with Crippen LogP contribution in [0.5, 0.6) is 5.75 Å². The largest absolute Gasteiger partial charge is 0.494 e. The molecule has 0 aliphatic carbocycles. The Labute approximate surface area is 171 Å². The number of nitrogens with zero attached hydrogens (tertiary/aromatic N) is 2. The van der Waals surface area contributed by atoms with Crippen molar-refractivity contribution in [2.45, 2.75) is 13.0 Å². The number of fused-ring (bicyclic) bond motifs is 1. The molecule has 0 atom stereocenters. The Morgan fingerprint density at radius 3 is 2.54 bits per heavy atom. The summed E-state index contributed by atoms with van der Waals surface area (Å²) < 4.78 is 6.79. The summed E-state index contributed by atoms with van der Waals surface area (Å²) in [6.45, 7) is 0.641. The van der Waals surface area contributed by atoms with Gasteiger partial charge in [0.25, 0.3) is 11.5 Å². The lowest BCUT2D eigenvalue weighted by molar-refractivity contribution is 0.0730. The molecule has 0 radical (unpaired) electrons. The Hall–Kier alpha value is -2.70. The van der Waals surface area contributed by atoms with Gasteiger partial charge in [-0.3, -0.25) is 14.7 Å². The molecule has 8 heteroatoms. The number of amides is 1. The first kappa shape index (κ1) is 18.7. The van der Waals surface area contributed by atoms with Crippen LogP contribution < -0.4 is 10.3 Å². The maximum Gasteiger partial charge on any atom is 0.276 e. The SMILES string of the molecule is COc1c(Cl)ccc(Cl)c1C(=O)N1CCc2[nH]n(-c3ccccc3)c(=O)c2C1. The highest BCUT2D eigenvalue weighted by Gasteiger charge is 2.30. The Bertz CT molecular complexity index is 1110. The minimum Gasteiger partial charge on any atom is -0.494 e. The predicted molar refractivity (Wildman–Crippen MR) is 108 cm³/mol. The lowest BCUT2D eigenvalue weighted by atomic mass is 10.1. The van der Waals surface area contributed by atoms with Gasteiger partial charge in [0.1, 0.15) is 5.56 Å². The van der Waals surface area contributed by atoms with Gasteiger partial charge in [-0.05, 0) is 24.3 Å². The molecule has 1 aromatic heterocycles. The third kappa shape index (κ3) is 3.08. The fourth-order valence-corrected chi connectivity index (χ4v) is 3.89. The summed E-state index contributed by atoms with van der Waals surface area (Å²) in [5.41, 5.74) is 2.20. The average molecular weight is 418 g/mol. The summed E-state index contributed by atoms with van der Waals surface area (Å²) >= 11 is 12.4. The van der Waals surface area contributed by atoms with Gasteiger partial charge in [-0.2, -0.15) is 0 Å². The second-order valence-corrected chi connectivity index (χ2v) is 7.27. The molecule has 0 saturated carbocycles. The minimum absolute atomic E-state index is 0.164. The molecule has 0 bridgehead atoms. The number of benzene rings is 2. The summed E-state index contributed by atoms with van der Waals surface area (Å²) in [4.78, 5) is 27.6. The van der Waals surface area contributed by atoms with Gasteiger partial charge in [-0.15, -0.1) is 0 Å². The van der Waals surface area contributed by atoms with Crippen LogP contribution in [-0.4, -0.2) is 34.2 Å². The Morgan fingerprint density at radius 2 is 1.82 bits per heavy atom. The number of methoxy groups -OCH3 is 1. The molecule has 144 valence electrons. The Kier molecular flexibility index (Phi) is 4.91. The van der Waals surface area contributed by atoms with Crippen molar-refractivity contribution in [3.63, 3.8) is 0 Å². The van der Waals surface area contributed by atoms with Crippen molar-refractivity contribution < 1.29 is 9.53 Å². The highest BCUT2D eigenvalue weighted by molar-refractivity contribution is 6.37. The number of halogens is 2. The molecule has 2 aromatic carbocycles. The van der Waals surface area contributed by atoms with Crippen molar-refractivity contribution in [2.75, 3.05) is 13.7 Å². The second kappa shape index (κ2) is 7.37. The number of ether oxygens (including phenoxy) is 1. The number of hydrogen-bond acceptors (Lipinski definition) is 3. The van der Waals surface area contributed by atoms with E-state index in [9.17, 15) is 9.59 Å². The molecule has 0 saturated heterocycles. The van der Waals surface area contributed by atoms with E-state index in [-0.39, 0.29) is 34.3 Å². The molecule has 28 heavy (non-hydrogen) atoms. The Morgan fingerprint density at radius 1 is 1.11 bits per heavy atom. The maximum absolute atomic E-state index is 13.1. The molecular formula is C20H17Cl2N3O3. The molecule has 0 spiro atoms. The van der Waals surface area contributed by atoms with Crippen LogP contribution in [0.1, 0.15) is 21.6 Å². The Balaban J connectivity index is 1.69. The van der Waals surface area contributed by atoms with Crippen molar-refractivity contribution >= 4 is 29.1 Å². The molecule has 1 N–H and O–H groups in total. The molecule has 4 rings (SSSR count). The normalized spacial score (nSPS) is 13.3. The monoisotopic (exact) mass is 417 g/mol. The van der Waals surface area contributed by atoms with Crippen molar-refractivity contribution in [1.29, 1.82) is 0 Å². The third-order valence-corrected chi connectivity index (χ3v) is 5.44. The zero-order valence-corrected chi connectivity index (χ0v) is 16.5. The number of aromatic amines is 1. The van der Waals surface area contributed by atoms with Gasteiger partial charge in [-0.1, -0.05) is 41.4 Å². The molecule has 1 aliphatic heterocycles. The lowest BCUT2D eigenvalue weighted by Crippen LogP contribution is -2.38. The van der Waals surface area contributed by atoms with Crippen LogP contribution in [0, 0.1) is 0 Å². The summed E-state index contributed by atoms with van der Waals surface area (Å²) in [5.74, 6) is -0.0809. The van der Waals surface area contributed by atoms with E-state index in [1.165, 1.54) is 11.8 Å². The average Bonchev–Trinajstić information content (AvgIpc) is 3.05. The molecular weight excluding hydrogens is 401 g/mol. The summed E-state index contributed by atoms with van der Waals surface area (Å²) in [6, 6.07) is 12.5. The standard InChI is InChI=1S/C20H17Cl2N3O3/c1-28-18-15(22)8-7-14(21)17(18)20(27)24-10-9-16-13(11-24)19(26)25(23-16)12-5-3-2-4-6-12/h2-8,23H,9-11H2,1H3. The van der Waals surface area contributed by atoms with E-state index in [1.54, 1.807) is 17.0 Å². The molecule has 0 fully saturated rings. The minimum atomic E-state index is -0.318. The van der Waals surface area contributed by atoms with E-state index in [0.29, 0.717) is 23.6 Å². The summed E-state index contributed by atoms with van der Waals surface area (Å²) in [7, 11) is 1.44. The number of nitrogens with one attached hydrogen (secondary N) is 1. The van der Waals surface area contributed by atoms with E-state index >= 15 is 0 Å². The smallest absolute Gasteiger partial charge is 0.276 e. The zero-order valence-electron chi connectivity index (χ0n) is 15.0. The van der Waals surface area contributed by atoms with E-state index < -0.39 is 0 Å². The van der Waals surface area contributed by atoms with Crippen molar-refractivity contribution in [1.82, 2.24) is 14.7 Å². The highest BCUT2D eigenvalue weighted by atomic mass is 35.5. The molecule has 6 nitrogen and oxygen atoms in total. The number of rotatable bonds is 3. The van der Waals surface area contributed by atoms with Gasteiger partial charge in [0, 0.05) is 18.7 Å². The molecule has 3 aromatic rings. The number of para-hydroxylation sites is 1. The number of carbonyl (C=O) groups excluding carboxylic acids is 1. The summed E-state index contributed by atoms with van der Waals surface area (Å²) in [5, 5.41) is 3.72. The van der Waals surface area contributed by atoms with E-state index in [1.807, 2.05) is 30.3 Å². The lowest BCUT2D eigenvalue weighted by Gasteiger charge is -2.27. The zero-order chi connectivity index (χ0) is 19.8. The number of H-pyrrole nitrogens is 1. The number of carbonyl (C=O) groups is 1. The van der Waals surface area contributed by atoms with Crippen molar-refractivity contribution in [3.8, 4) is 11.4 Å². The van der Waals surface area contributed by atoms with Gasteiger partial charge >= 0.3 is 0 Å². The first-order chi connectivity index (χ1) is 13.5. The molecule has 1 amide bonds. The van der Waals surface area contributed by atoms with E-state index in [0.717, 1.165) is 11.4 Å². The first-order valence-electron chi connectivity index (χ1n) is 8.70. The van der Waals surface area contributed by atoms with Crippen LogP contribution in [0.15, 0.2) is 47.3 Å². The van der Waals surface area contributed by atoms with Crippen LogP contribution in [0.3, 0.4) is 0 Å². The van der Waals surface area contributed by atoms with Crippen molar-refractivity contribution in [2.24, 2.45) is 0 Å². The number of hydrogen-bond donors (Lipinski definition) is 1. The van der Waals surface area contributed by atoms with Crippen LogP contribution in [0.4, 0.5) is 0 Å². The topological polar surface area (TPSA) is 67.3 Å².